The van der Waals surface area contributed by atoms with Crippen molar-refractivity contribution in [2.75, 3.05) is 6.61 Å². The van der Waals surface area contributed by atoms with E-state index in [1.807, 2.05) is 6.07 Å². The molecule has 0 saturated heterocycles. The van der Waals surface area contributed by atoms with Gasteiger partial charge < -0.3 is 9.47 Å². The number of ether oxygens (including phenoxy) is 2. The second-order valence-electron chi connectivity index (χ2n) is 4.22. The van der Waals surface area contributed by atoms with Crippen LogP contribution in [0.1, 0.15) is 22.8 Å². The second-order valence-corrected chi connectivity index (χ2v) is 5.84. The normalized spacial score (nSPS) is 10.0. The number of aromatic nitrogens is 1. The van der Waals surface area contributed by atoms with E-state index in [0.717, 1.165) is 0 Å². The van der Waals surface area contributed by atoms with Crippen molar-refractivity contribution in [2.24, 2.45) is 0 Å². The number of esters is 1. The quantitative estimate of drug-likeness (QED) is 0.413. The number of carbonyl (C=O) groups excluding carboxylic acids is 1. The fourth-order valence-corrected chi connectivity index (χ4v) is 2.47. The Kier molecular flexibility index (Phi) is 5.83. The van der Waals surface area contributed by atoms with Gasteiger partial charge in [0.1, 0.15) is 5.15 Å². The molecule has 1 aromatic heterocycles. The highest BCUT2D eigenvalue weighted by molar-refractivity contribution is 9.10. The van der Waals surface area contributed by atoms with E-state index in [-0.39, 0.29) is 27.2 Å². The van der Waals surface area contributed by atoms with Crippen molar-refractivity contribution < 1.29 is 14.3 Å². The van der Waals surface area contributed by atoms with E-state index in [4.69, 9.17) is 37.9 Å². The minimum Gasteiger partial charge on any atom is -0.490 e. The lowest BCUT2D eigenvalue weighted by Crippen LogP contribution is -2.11. The lowest BCUT2D eigenvalue weighted by atomic mass is 10.2. The Labute approximate surface area is 150 Å². The predicted molar refractivity (Wildman–Crippen MR) is 89.2 cm³/mol. The average molecular weight is 416 g/mol. The van der Waals surface area contributed by atoms with Crippen LogP contribution in [-0.4, -0.2) is 17.6 Å². The summed E-state index contributed by atoms with van der Waals surface area (Å²) in [6.07, 6.45) is 1.26. The fourth-order valence-electron chi connectivity index (χ4n) is 1.68. The van der Waals surface area contributed by atoms with E-state index in [9.17, 15) is 4.79 Å². The van der Waals surface area contributed by atoms with Crippen LogP contribution in [0.25, 0.3) is 0 Å². The molecule has 0 aliphatic heterocycles. The summed E-state index contributed by atoms with van der Waals surface area (Å²) in [5.41, 5.74) is 0.509. The molecular weight excluding hydrogens is 407 g/mol. The van der Waals surface area contributed by atoms with E-state index >= 15 is 0 Å². The van der Waals surface area contributed by atoms with E-state index < -0.39 is 5.97 Å². The van der Waals surface area contributed by atoms with Gasteiger partial charge in [-0.2, -0.15) is 5.26 Å². The highest BCUT2D eigenvalue weighted by Crippen LogP contribution is 2.37. The number of nitriles is 1. The first-order valence-corrected chi connectivity index (χ1v) is 7.90. The first-order chi connectivity index (χ1) is 11.0. The molecule has 0 N–H and O–H groups in total. The molecule has 0 unspecified atom stereocenters. The average Bonchev–Trinajstić information content (AvgIpc) is 2.53. The Morgan fingerprint density at radius 3 is 2.74 bits per heavy atom. The summed E-state index contributed by atoms with van der Waals surface area (Å²) in [5, 5.41) is 9.23. The summed E-state index contributed by atoms with van der Waals surface area (Å²) in [5.74, 6) is -0.232. The van der Waals surface area contributed by atoms with Gasteiger partial charge >= 0.3 is 5.97 Å². The number of benzene rings is 1. The van der Waals surface area contributed by atoms with Crippen LogP contribution < -0.4 is 9.47 Å². The number of halogens is 3. The van der Waals surface area contributed by atoms with Gasteiger partial charge in [-0.1, -0.05) is 23.2 Å². The van der Waals surface area contributed by atoms with Crippen LogP contribution in [0.3, 0.4) is 0 Å². The molecule has 0 aliphatic rings. The minimum atomic E-state index is -0.678. The minimum absolute atomic E-state index is 0.0952. The zero-order chi connectivity index (χ0) is 17.0. The van der Waals surface area contributed by atoms with Crippen molar-refractivity contribution in [3.05, 3.63) is 50.2 Å². The van der Waals surface area contributed by atoms with Crippen LogP contribution in [0.5, 0.6) is 11.5 Å². The molecule has 2 aromatic rings. The molecule has 8 heteroatoms. The van der Waals surface area contributed by atoms with Crippen molar-refractivity contribution in [2.45, 2.75) is 6.92 Å². The second kappa shape index (κ2) is 7.64. The fraction of sp³-hybridized carbons (Fsp3) is 0.133. The molecule has 0 bridgehead atoms. The zero-order valence-electron chi connectivity index (χ0n) is 11.8. The maximum absolute atomic E-state index is 12.2. The number of carbonyl (C=O) groups is 1. The maximum atomic E-state index is 12.2. The van der Waals surface area contributed by atoms with E-state index in [0.29, 0.717) is 16.6 Å². The molecule has 2 rings (SSSR count). The summed E-state index contributed by atoms with van der Waals surface area (Å²) >= 11 is 14.8. The van der Waals surface area contributed by atoms with Crippen molar-refractivity contribution in [1.29, 1.82) is 5.26 Å². The SMILES string of the molecule is CCOc1cc(C#N)cc(Br)c1OC(=O)c1cnc(Cl)c(Cl)c1. The van der Waals surface area contributed by atoms with Gasteiger partial charge in [0, 0.05) is 12.3 Å². The largest absolute Gasteiger partial charge is 0.490 e. The Morgan fingerprint density at radius 2 is 2.13 bits per heavy atom. The molecule has 1 aromatic carbocycles. The van der Waals surface area contributed by atoms with E-state index in [1.165, 1.54) is 24.4 Å². The lowest BCUT2D eigenvalue weighted by Gasteiger charge is -2.13. The summed E-state index contributed by atoms with van der Waals surface area (Å²) in [6.45, 7) is 2.13. The molecular formula is C15H9BrCl2N2O3. The molecule has 118 valence electrons. The van der Waals surface area contributed by atoms with Gasteiger partial charge in [0.25, 0.3) is 0 Å². The Balaban J connectivity index is 2.36. The smallest absolute Gasteiger partial charge is 0.345 e. The van der Waals surface area contributed by atoms with Crippen LogP contribution in [0.2, 0.25) is 10.2 Å². The van der Waals surface area contributed by atoms with Gasteiger partial charge in [0.2, 0.25) is 0 Å². The number of pyridine rings is 1. The zero-order valence-corrected chi connectivity index (χ0v) is 14.9. The molecule has 1 heterocycles. The Bertz CT molecular complexity index is 806. The van der Waals surface area contributed by atoms with Crippen LogP contribution >= 0.6 is 39.1 Å². The van der Waals surface area contributed by atoms with E-state index in [2.05, 4.69) is 20.9 Å². The van der Waals surface area contributed by atoms with Crippen LogP contribution in [-0.2, 0) is 0 Å². The lowest BCUT2D eigenvalue weighted by molar-refractivity contribution is 0.0726. The van der Waals surface area contributed by atoms with Gasteiger partial charge in [0.05, 0.1) is 33.3 Å². The summed E-state index contributed by atoms with van der Waals surface area (Å²) in [4.78, 5) is 16.0. The molecule has 0 amide bonds. The van der Waals surface area contributed by atoms with Crippen LogP contribution in [0.4, 0.5) is 0 Å². The summed E-state index contributed by atoms with van der Waals surface area (Å²) in [7, 11) is 0. The van der Waals surface area contributed by atoms with Crippen molar-refractivity contribution in [3.8, 4) is 17.6 Å². The maximum Gasteiger partial charge on any atom is 0.345 e. The van der Waals surface area contributed by atoms with Gasteiger partial charge in [-0.15, -0.1) is 0 Å². The third-order valence-electron chi connectivity index (χ3n) is 2.67. The molecule has 0 aliphatic carbocycles. The summed E-state index contributed by atoms with van der Waals surface area (Å²) in [6, 6.07) is 6.37. The van der Waals surface area contributed by atoms with Gasteiger partial charge in [-0.25, -0.2) is 9.78 Å². The van der Waals surface area contributed by atoms with Crippen LogP contribution in [0, 0.1) is 11.3 Å². The third-order valence-corrected chi connectivity index (χ3v) is 3.94. The first kappa shape index (κ1) is 17.5. The monoisotopic (exact) mass is 414 g/mol. The highest BCUT2D eigenvalue weighted by atomic mass is 79.9. The number of hydrogen-bond acceptors (Lipinski definition) is 5. The van der Waals surface area contributed by atoms with Gasteiger partial charge in [-0.3, -0.25) is 0 Å². The number of hydrogen-bond donors (Lipinski definition) is 0. The molecule has 0 radical (unpaired) electrons. The van der Waals surface area contributed by atoms with Crippen molar-refractivity contribution >= 4 is 45.1 Å². The summed E-state index contributed by atoms with van der Waals surface area (Å²) < 4.78 is 11.2. The Hall–Kier alpha value is -1.81. The molecule has 5 nitrogen and oxygen atoms in total. The number of rotatable bonds is 4. The predicted octanol–water partition coefficient (Wildman–Crippen LogP) is 4.64. The van der Waals surface area contributed by atoms with Crippen molar-refractivity contribution in [3.63, 3.8) is 0 Å². The molecule has 23 heavy (non-hydrogen) atoms. The Morgan fingerprint density at radius 1 is 1.39 bits per heavy atom. The third kappa shape index (κ3) is 4.14. The molecule has 0 saturated carbocycles. The van der Waals surface area contributed by atoms with Crippen LogP contribution in [0.15, 0.2) is 28.9 Å². The first-order valence-electron chi connectivity index (χ1n) is 6.36. The van der Waals surface area contributed by atoms with E-state index in [1.54, 1.807) is 6.92 Å². The topological polar surface area (TPSA) is 72.2 Å². The van der Waals surface area contributed by atoms with Crippen molar-refractivity contribution in [1.82, 2.24) is 4.98 Å². The standard InChI is InChI=1S/C15H9BrCl2N2O3/c1-2-22-12-4-8(6-19)3-10(16)13(12)23-15(21)9-5-11(17)14(18)20-7-9/h3-5,7H,2H2,1H3. The molecule has 0 fully saturated rings. The highest BCUT2D eigenvalue weighted by Gasteiger charge is 2.18. The van der Waals surface area contributed by atoms with Gasteiger partial charge in [0.15, 0.2) is 11.5 Å². The number of nitrogens with zero attached hydrogens (tertiary/aromatic N) is 2. The van der Waals surface area contributed by atoms with Gasteiger partial charge in [-0.05, 0) is 35.0 Å². The molecule has 0 atom stereocenters. The molecule has 0 spiro atoms.